The van der Waals surface area contributed by atoms with E-state index in [9.17, 15) is 27.6 Å². The number of hydrogen-bond acceptors (Lipinski definition) is 6. The van der Waals surface area contributed by atoms with E-state index in [4.69, 9.17) is 44.3 Å². The number of carbonyl (C=O) groups is 2. The lowest BCUT2D eigenvalue weighted by atomic mass is 10.0. The number of ether oxygens (including phenoxy) is 2. The Bertz CT molecular complexity index is 1480. The van der Waals surface area contributed by atoms with Crippen molar-refractivity contribution in [2.45, 2.75) is 58.9 Å². The van der Waals surface area contributed by atoms with Gasteiger partial charge in [0, 0.05) is 18.6 Å². The van der Waals surface area contributed by atoms with E-state index in [-0.39, 0.29) is 58.2 Å². The van der Waals surface area contributed by atoms with Crippen LogP contribution < -0.4 is 10.6 Å². The summed E-state index contributed by atoms with van der Waals surface area (Å²) >= 11 is 17.6. The minimum atomic E-state index is -3.12. The molecule has 9 nitrogen and oxygen atoms in total. The molecule has 1 heterocycles. The topological polar surface area (TPSA) is 95.7 Å². The zero-order chi connectivity index (χ0) is 33.1. The highest BCUT2D eigenvalue weighted by Gasteiger charge is 2.24. The maximum absolute atomic E-state index is 14.2. The van der Waals surface area contributed by atoms with Crippen LogP contribution in [0.4, 0.5) is 18.9 Å². The summed E-state index contributed by atoms with van der Waals surface area (Å²) in [4.78, 5) is 37.3. The third-order valence-electron chi connectivity index (χ3n) is 6.37. The first-order valence-electron chi connectivity index (χ1n) is 13.6. The van der Waals surface area contributed by atoms with Gasteiger partial charge in [-0.15, -0.1) is 28.3 Å². The molecule has 0 aliphatic carbocycles. The van der Waals surface area contributed by atoms with Crippen molar-refractivity contribution in [3.8, 4) is 5.69 Å². The summed E-state index contributed by atoms with van der Waals surface area (Å²) in [6.07, 6.45) is 1.63. The van der Waals surface area contributed by atoms with Gasteiger partial charge in [-0.1, -0.05) is 43.6 Å². The smallest absolute Gasteiger partial charge is 0.355 e. The van der Waals surface area contributed by atoms with Crippen molar-refractivity contribution < 1.29 is 32.2 Å². The lowest BCUT2D eigenvalue weighted by Gasteiger charge is -2.26. The maximum Gasteiger partial charge on any atom is 0.355 e. The maximum atomic E-state index is 14.2. The predicted molar refractivity (Wildman–Crippen MR) is 164 cm³/mol. The van der Waals surface area contributed by atoms with Crippen LogP contribution in [0.5, 0.6) is 0 Å². The second-order valence-electron chi connectivity index (χ2n) is 9.21. The molecule has 3 aromatic rings. The lowest BCUT2D eigenvalue weighted by Crippen LogP contribution is -2.35. The Kier molecular flexibility index (Phi) is 14.7. The number of halogens is 6. The van der Waals surface area contributed by atoms with E-state index >= 15 is 0 Å². The first kappa shape index (κ1) is 37.1. The number of alkyl halides is 4. The summed E-state index contributed by atoms with van der Waals surface area (Å²) in [5, 5.41) is 2.52. The van der Waals surface area contributed by atoms with E-state index < -0.39 is 29.4 Å². The molecule has 0 N–H and O–H groups in total. The standard InChI is InChI=1S/C15H14Cl2F3N3O3.C14H20ClNO2/c1-3-26-13(24)10(17)4-8-5-12(11(18)6-9(8)16)23-15(25)22(14(19)20)7(2)21-23;1-4-11-7-6-8-12(5-2)14(11)16(10-18-3)13(17)9-15/h5-6,10,14H,3-4H2,1-2H3;6-8H,4-5,9-10H2,1-3H3. The zero-order valence-electron chi connectivity index (χ0n) is 24.9. The fourth-order valence-corrected chi connectivity index (χ4v) is 4.89. The van der Waals surface area contributed by atoms with Gasteiger partial charge in [-0.25, -0.2) is 13.8 Å². The van der Waals surface area contributed by atoms with Gasteiger partial charge in [-0.3, -0.25) is 14.5 Å². The van der Waals surface area contributed by atoms with Crippen molar-refractivity contribution in [3.05, 3.63) is 74.2 Å². The molecule has 0 spiro atoms. The summed E-state index contributed by atoms with van der Waals surface area (Å²) in [5.74, 6) is -2.09. The van der Waals surface area contributed by atoms with Gasteiger partial charge in [0.05, 0.1) is 12.3 Å². The van der Waals surface area contributed by atoms with Crippen molar-refractivity contribution in [2.75, 3.05) is 31.2 Å². The van der Waals surface area contributed by atoms with Gasteiger partial charge < -0.3 is 9.47 Å². The Hall–Kier alpha value is -3.06. The van der Waals surface area contributed by atoms with E-state index in [1.807, 2.05) is 18.2 Å². The Morgan fingerprint density at radius 3 is 2.18 bits per heavy atom. The molecule has 0 radical (unpaired) electrons. The molecule has 0 aliphatic heterocycles. The van der Waals surface area contributed by atoms with Crippen LogP contribution in [0.2, 0.25) is 5.02 Å². The van der Waals surface area contributed by atoms with Crippen LogP contribution >= 0.6 is 34.8 Å². The van der Waals surface area contributed by atoms with Crippen LogP contribution in [0.25, 0.3) is 5.69 Å². The summed E-state index contributed by atoms with van der Waals surface area (Å²) in [5.41, 5.74) is 1.87. The van der Waals surface area contributed by atoms with Crippen LogP contribution in [0.3, 0.4) is 0 Å². The number of aromatic nitrogens is 3. The zero-order valence-corrected chi connectivity index (χ0v) is 27.1. The van der Waals surface area contributed by atoms with Crippen molar-refractivity contribution in [1.82, 2.24) is 14.3 Å². The average Bonchev–Trinajstić information content (AvgIpc) is 3.29. The molecule has 0 saturated carbocycles. The van der Waals surface area contributed by atoms with Crippen LogP contribution in [0.1, 0.15) is 49.8 Å². The molecular formula is C29H34Cl3F3N4O5. The van der Waals surface area contributed by atoms with Crippen molar-refractivity contribution in [1.29, 1.82) is 0 Å². The van der Waals surface area contributed by atoms with E-state index in [1.54, 1.807) is 18.9 Å². The summed E-state index contributed by atoms with van der Waals surface area (Å²) in [7, 11) is 1.58. The number of nitrogens with zero attached hydrogens (tertiary/aromatic N) is 4. The van der Waals surface area contributed by atoms with E-state index in [1.165, 1.54) is 6.92 Å². The van der Waals surface area contributed by atoms with E-state index in [0.29, 0.717) is 4.68 Å². The molecule has 1 unspecified atom stereocenters. The fraction of sp³-hybridized carbons (Fsp3) is 0.448. The molecule has 44 heavy (non-hydrogen) atoms. The van der Waals surface area contributed by atoms with Crippen molar-refractivity contribution >= 4 is 52.4 Å². The van der Waals surface area contributed by atoms with Crippen LogP contribution in [-0.4, -0.2) is 57.9 Å². The molecule has 1 atom stereocenters. The Morgan fingerprint density at radius 2 is 1.70 bits per heavy atom. The predicted octanol–water partition coefficient (Wildman–Crippen LogP) is 6.23. The van der Waals surface area contributed by atoms with Gasteiger partial charge in [-0.05, 0) is 55.5 Å². The SMILES string of the molecule is CCOC(=O)C(Cl)Cc1cc(-n2nc(C)n(C(F)F)c2=O)c(F)cc1Cl.CCc1cccc(CC)c1N(COC)C(=O)CCl. The molecule has 1 aromatic heterocycles. The molecule has 0 aliphatic rings. The molecule has 2 aromatic carbocycles. The normalized spacial score (nSPS) is 11.6. The number of anilines is 1. The van der Waals surface area contributed by atoms with Crippen LogP contribution in [-0.2, 0) is 38.3 Å². The number of aryl methyl sites for hydroxylation is 3. The summed E-state index contributed by atoms with van der Waals surface area (Å²) in [6, 6.07) is 8.13. The summed E-state index contributed by atoms with van der Waals surface area (Å²) < 4.78 is 50.6. The molecule has 0 saturated heterocycles. The highest BCUT2D eigenvalue weighted by molar-refractivity contribution is 6.32. The monoisotopic (exact) mass is 680 g/mol. The van der Waals surface area contributed by atoms with Gasteiger partial charge >= 0.3 is 18.2 Å². The molecule has 15 heteroatoms. The van der Waals surface area contributed by atoms with Crippen LogP contribution in [0.15, 0.2) is 35.1 Å². The largest absolute Gasteiger partial charge is 0.465 e. The quantitative estimate of drug-likeness (QED) is 0.128. The fourth-order valence-electron chi connectivity index (χ4n) is 4.29. The molecule has 242 valence electrons. The highest BCUT2D eigenvalue weighted by Crippen LogP contribution is 2.28. The van der Waals surface area contributed by atoms with E-state index in [2.05, 4.69) is 18.9 Å². The minimum absolute atomic E-state index is 0.0371. The van der Waals surface area contributed by atoms with Gasteiger partial charge in [0.15, 0.2) is 5.82 Å². The Morgan fingerprint density at radius 1 is 1.09 bits per heavy atom. The Labute approximate surface area is 268 Å². The third-order valence-corrected chi connectivity index (χ3v) is 7.28. The number of para-hydroxylation sites is 1. The third kappa shape index (κ3) is 8.99. The van der Waals surface area contributed by atoms with Gasteiger partial charge in [0.1, 0.15) is 29.5 Å². The number of esters is 1. The summed E-state index contributed by atoms with van der Waals surface area (Å²) in [6.45, 7) is 4.19. The van der Waals surface area contributed by atoms with Crippen molar-refractivity contribution in [2.24, 2.45) is 0 Å². The molecule has 3 rings (SSSR count). The first-order valence-corrected chi connectivity index (χ1v) is 14.9. The first-order chi connectivity index (χ1) is 20.9. The minimum Gasteiger partial charge on any atom is -0.465 e. The number of amides is 1. The van der Waals surface area contributed by atoms with Gasteiger partial charge in [0.2, 0.25) is 5.91 Å². The number of hydrogen-bond donors (Lipinski definition) is 0. The molecule has 0 fully saturated rings. The lowest BCUT2D eigenvalue weighted by molar-refractivity contribution is -0.142. The number of carbonyl (C=O) groups excluding carboxylic acids is 2. The second-order valence-corrected chi connectivity index (χ2v) is 10.4. The number of benzene rings is 2. The Balaban J connectivity index is 0.000000329. The van der Waals surface area contributed by atoms with E-state index in [0.717, 1.165) is 41.8 Å². The molecule has 1 amide bonds. The molecule has 0 bridgehead atoms. The second kappa shape index (κ2) is 17.4. The molecular weight excluding hydrogens is 648 g/mol. The average molecular weight is 682 g/mol. The number of methoxy groups -OCH3 is 1. The number of rotatable bonds is 12. The van der Waals surface area contributed by atoms with Gasteiger partial charge in [-0.2, -0.15) is 13.5 Å². The highest BCUT2D eigenvalue weighted by atomic mass is 35.5. The van der Waals surface area contributed by atoms with Crippen molar-refractivity contribution in [3.63, 3.8) is 0 Å². The van der Waals surface area contributed by atoms with Gasteiger partial charge in [0.25, 0.3) is 0 Å². The van der Waals surface area contributed by atoms with Crippen LogP contribution in [0, 0.1) is 12.7 Å².